The second-order valence-electron chi connectivity index (χ2n) is 4.12. The van der Waals surface area contributed by atoms with Crippen molar-refractivity contribution in [2.45, 2.75) is 32.3 Å². The molecule has 1 aliphatic rings. The van der Waals surface area contributed by atoms with Gasteiger partial charge in [0.15, 0.2) is 5.82 Å². The molecule has 0 N–H and O–H groups in total. The standard InChI is InChI=1S/C11H13N3O2S/c1-7-10(17-6-12-7)11-13-9(14-16-11)5-8-3-2-4-15-8/h6,8H,2-5H2,1H3. The van der Waals surface area contributed by atoms with Crippen LogP contribution in [0.1, 0.15) is 24.4 Å². The fourth-order valence-corrected chi connectivity index (χ4v) is 2.67. The Labute approximate surface area is 103 Å². The van der Waals surface area contributed by atoms with Crippen molar-refractivity contribution in [3.8, 4) is 10.8 Å². The number of ether oxygens (including phenoxy) is 1. The van der Waals surface area contributed by atoms with E-state index < -0.39 is 0 Å². The summed E-state index contributed by atoms with van der Waals surface area (Å²) in [5.74, 6) is 1.29. The van der Waals surface area contributed by atoms with Crippen LogP contribution in [0, 0.1) is 6.92 Å². The van der Waals surface area contributed by atoms with Crippen molar-refractivity contribution < 1.29 is 9.26 Å². The number of nitrogens with zero attached hydrogens (tertiary/aromatic N) is 3. The summed E-state index contributed by atoms with van der Waals surface area (Å²) in [6.07, 6.45) is 3.21. The van der Waals surface area contributed by atoms with Gasteiger partial charge in [0.1, 0.15) is 4.88 Å². The van der Waals surface area contributed by atoms with Crippen molar-refractivity contribution in [3.05, 3.63) is 17.0 Å². The lowest BCUT2D eigenvalue weighted by atomic mass is 10.2. The summed E-state index contributed by atoms with van der Waals surface area (Å²) >= 11 is 1.52. The summed E-state index contributed by atoms with van der Waals surface area (Å²) in [6.45, 7) is 2.79. The van der Waals surface area contributed by atoms with Gasteiger partial charge in [0.2, 0.25) is 0 Å². The lowest BCUT2D eigenvalue weighted by Crippen LogP contribution is -2.09. The lowest BCUT2D eigenvalue weighted by Gasteiger charge is -2.03. The molecule has 0 aromatic carbocycles. The van der Waals surface area contributed by atoms with Gasteiger partial charge in [-0.3, -0.25) is 0 Å². The zero-order valence-electron chi connectivity index (χ0n) is 9.55. The summed E-state index contributed by atoms with van der Waals surface area (Å²) < 4.78 is 10.8. The molecule has 3 rings (SSSR count). The molecule has 0 saturated carbocycles. The number of aryl methyl sites for hydroxylation is 1. The van der Waals surface area contributed by atoms with Crippen LogP contribution in [0.15, 0.2) is 10.0 Å². The maximum Gasteiger partial charge on any atom is 0.269 e. The summed E-state index contributed by atoms with van der Waals surface area (Å²) in [4.78, 5) is 9.52. The van der Waals surface area contributed by atoms with Crippen LogP contribution in [0.5, 0.6) is 0 Å². The molecule has 17 heavy (non-hydrogen) atoms. The first kappa shape index (κ1) is 10.9. The molecule has 1 atom stereocenters. The first-order valence-corrected chi connectivity index (χ1v) is 6.55. The molecular weight excluding hydrogens is 238 g/mol. The highest BCUT2D eigenvalue weighted by atomic mass is 32.1. The number of thiazole rings is 1. The van der Waals surface area contributed by atoms with E-state index in [2.05, 4.69) is 15.1 Å². The van der Waals surface area contributed by atoms with Crippen molar-refractivity contribution in [2.75, 3.05) is 6.61 Å². The van der Waals surface area contributed by atoms with Gasteiger partial charge >= 0.3 is 0 Å². The molecule has 6 heteroatoms. The van der Waals surface area contributed by atoms with Crippen molar-refractivity contribution in [1.29, 1.82) is 0 Å². The first-order chi connectivity index (χ1) is 8.33. The lowest BCUT2D eigenvalue weighted by molar-refractivity contribution is 0.109. The van der Waals surface area contributed by atoms with Crippen molar-refractivity contribution in [2.24, 2.45) is 0 Å². The van der Waals surface area contributed by atoms with E-state index in [-0.39, 0.29) is 6.10 Å². The summed E-state index contributed by atoms with van der Waals surface area (Å²) in [5, 5.41) is 3.99. The van der Waals surface area contributed by atoms with Gasteiger partial charge in [-0.25, -0.2) is 4.98 Å². The fourth-order valence-electron chi connectivity index (χ4n) is 1.95. The second kappa shape index (κ2) is 4.54. The molecule has 3 heterocycles. The van der Waals surface area contributed by atoms with E-state index in [0.717, 1.165) is 42.3 Å². The predicted octanol–water partition coefficient (Wildman–Crippen LogP) is 2.22. The average molecular weight is 251 g/mol. The molecular formula is C11H13N3O2S. The molecule has 1 aliphatic heterocycles. The molecule has 1 saturated heterocycles. The van der Waals surface area contributed by atoms with Crippen LogP contribution in [0.4, 0.5) is 0 Å². The van der Waals surface area contributed by atoms with E-state index >= 15 is 0 Å². The maximum absolute atomic E-state index is 5.55. The average Bonchev–Trinajstić information content (AvgIpc) is 3.00. The van der Waals surface area contributed by atoms with Gasteiger partial charge in [-0.15, -0.1) is 11.3 Å². The molecule has 0 amide bonds. The van der Waals surface area contributed by atoms with Crippen LogP contribution in [0.2, 0.25) is 0 Å². The van der Waals surface area contributed by atoms with Crippen LogP contribution in [-0.2, 0) is 11.2 Å². The van der Waals surface area contributed by atoms with Gasteiger partial charge < -0.3 is 9.26 Å². The third-order valence-electron chi connectivity index (χ3n) is 2.84. The van der Waals surface area contributed by atoms with Gasteiger partial charge in [-0.2, -0.15) is 4.98 Å². The third kappa shape index (κ3) is 2.23. The minimum absolute atomic E-state index is 0.253. The molecule has 5 nitrogen and oxygen atoms in total. The normalized spacial score (nSPS) is 19.9. The van der Waals surface area contributed by atoms with Crippen LogP contribution < -0.4 is 0 Å². The predicted molar refractivity (Wildman–Crippen MR) is 62.8 cm³/mol. The quantitative estimate of drug-likeness (QED) is 0.837. The van der Waals surface area contributed by atoms with Gasteiger partial charge in [0.25, 0.3) is 5.89 Å². The molecule has 1 fully saturated rings. The largest absolute Gasteiger partial charge is 0.378 e. The van der Waals surface area contributed by atoms with Crippen LogP contribution in [0.25, 0.3) is 10.8 Å². The zero-order chi connectivity index (χ0) is 11.7. The molecule has 0 radical (unpaired) electrons. The molecule has 1 unspecified atom stereocenters. The topological polar surface area (TPSA) is 61.0 Å². The van der Waals surface area contributed by atoms with Gasteiger partial charge in [-0.1, -0.05) is 5.16 Å². The van der Waals surface area contributed by atoms with E-state index in [1.54, 1.807) is 5.51 Å². The molecule has 0 spiro atoms. The highest BCUT2D eigenvalue weighted by molar-refractivity contribution is 7.13. The van der Waals surface area contributed by atoms with Crippen LogP contribution in [0.3, 0.4) is 0 Å². The zero-order valence-corrected chi connectivity index (χ0v) is 10.4. The Balaban J connectivity index is 1.76. The molecule has 90 valence electrons. The van der Waals surface area contributed by atoms with Crippen LogP contribution in [-0.4, -0.2) is 27.8 Å². The molecule has 2 aromatic heterocycles. The van der Waals surface area contributed by atoms with Gasteiger partial charge in [-0.05, 0) is 19.8 Å². The fraction of sp³-hybridized carbons (Fsp3) is 0.545. The van der Waals surface area contributed by atoms with Gasteiger partial charge in [0, 0.05) is 13.0 Å². The Morgan fingerprint density at radius 2 is 2.47 bits per heavy atom. The Hall–Kier alpha value is -1.27. The molecule has 0 bridgehead atoms. The Morgan fingerprint density at radius 3 is 3.18 bits per heavy atom. The van der Waals surface area contributed by atoms with Crippen molar-refractivity contribution >= 4 is 11.3 Å². The minimum atomic E-state index is 0.253. The van der Waals surface area contributed by atoms with E-state index in [1.807, 2.05) is 6.92 Å². The monoisotopic (exact) mass is 251 g/mol. The summed E-state index contributed by atoms with van der Waals surface area (Å²) in [7, 11) is 0. The maximum atomic E-state index is 5.55. The van der Waals surface area contributed by atoms with E-state index in [4.69, 9.17) is 9.26 Å². The highest BCUT2D eigenvalue weighted by Gasteiger charge is 2.20. The number of hydrogen-bond donors (Lipinski definition) is 0. The minimum Gasteiger partial charge on any atom is -0.378 e. The van der Waals surface area contributed by atoms with Crippen LogP contribution >= 0.6 is 11.3 Å². The van der Waals surface area contributed by atoms with E-state index in [1.165, 1.54) is 11.3 Å². The van der Waals surface area contributed by atoms with Gasteiger partial charge in [0.05, 0.1) is 17.3 Å². The third-order valence-corrected chi connectivity index (χ3v) is 3.76. The summed E-state index contributed by atoms with van der Waals surface area (Å²) in [6, 6.07) is 0. The Morgan fingerprint density at radius 1 is 1.53 bits per heavy atom. The second-order valence-corrected chi connectivity index (χ2v) is 4.98. The van der Waals surface area contributed by atoms with E-state index in [9.17, 15) is 0 Å². The molecule has 0 aliphatic carbocycles. The smallest absolute Gasteiger partial charge is 0.269 e. The van der Waals surface area contributed by atoms with Crippen molar-refractivity contribution in [3.63, 3.8) is 0 Å². The SMILES string of the molecule is Cc1ncsc1-c1nc(CC2CCCO2)no1. The van der Waals surface area contributed by atoms with Crippen molar-refractivity contribution in [1.82, 2.24) is 15.1 Å². The first-order valence-electron chi connectivity index (χ1n) is 5.67. The summed E-state index contributed by atoms with van der Waals surface area (Å²) in [5.41, 5.74) is 2.72. The number of rotatable bonds is 3. The molecule has 2 aromatic rings. The number of hydrogen-bond acceptors (Lipinski definition) is 6. The highest BCUT2D eigenvalue weighted by Crippen LogP contribution is 2.26. The van der Waals surface area contributed by atoms with E-state index in [0.29, 0.717) is 5.89 Å². The Kier molecular flexibility index (Phi) is 2.90. The Bertz CT molecular complexity index is 502. The number of aromatic nitrogens is 3.